The maximum Gasteiger partial charge on any atom is 0.236 e. The van der Waals surface area contributed by atoms with E-state index in [0.29, 0.717) is 17.3 Å². The monoisotopic (exact) mass is 453 g/mol. The summed E-state index contributed by atoms with van der Waals surface area (Å²) in [4.78, 5) is 19.4. The van der Waals surface area contributed by atoms with Crippen molar-refractivity contribution in [2.75, 3.05) is 7.05 Å². The molecule has 5 heteroatoms. The second-order valence-electron chi connectivity index (χ2n) is 10.4. The minimum absolute atomic E-state index is 0.0308. The van der Waals surface area contributed by atoms with E-state index in [9.17, 15) is 9.18 Å². The molecule has 34 heavy (non-hydrogen) atoms. The van der Waals surface area contributed by atoms with Gasteiger partial charge in [0.05, 0.1) is 12.1 Å². The Bertz CT molecular complexity index is 1300. The fourth-order valence-corrected chi connectivity index (χ4v) is 6.04. The zero-order valence-corrected chi connectivity index (χ0v) is 19.5. The number of aromatic nitrogens is 1. The number of likely N-dealkylation sites (N-methyl/N-ethyl adjacent to an activating group) is 1. The minimum atomic E-state index is -0.489. The number of nitrogens with zero attached hydrogens (tertiary/aromatic N) is 2. The molecule has 0 bridgehead atoms. The zero-order chi connectivity index (χ0) is 23.6. The molecule has 172 valence electrons. The van der Waals surface area contributed by atoms with Crippen LogP contribution in [-0.4, -0.2) is 28.7 Å². The first-order valence-corrected chi connectivity index (χ1v) is 12.0. The molecule has 3 fully saturated rings. The summed E-state index contributed by atoms with van der Waals surface area (Å²) in [6.45, 7) is 2.18. The molecule has 1 N–H and O–H groups in total. The van der Waals surface area contributed by atoms with Crippen molar-refractivity contribution in [2.24, 2.45) is 11.8 Å². The number of rotatable bonds is 4. The van der Waals surface area contributed by atoms with Crippen LogP contribution in [-0.2, 0) is 10.2 Å². The Balaban J connectivity index is 1.49. The topological polar surface area (TPSA) is 57.1 Å². The summed E-state index contributed by atoms with van der Waals surface area (Å²) in [6.07, 6.45) is 6.25. The van der Waals surface area contributed by atoms with Gasteiger partial charge in [-0.05, 0) is 59.4 Å². The number of hydrogen-bond acceptors (Lipinski definition) is 3. The van der Waals surface area contributed by atoms with E-state index in [4.69, 9.17) is 5.41 Å². The lowest BCUT2D eigenvalue weighted by Gasteiger charge is -2.38. The van der Waals surface area contributed by atoms with Crippen molar-refractivity contribution in [3.05, 3.63) is 89.5 Å². The van der Waals surface area contributed by atoms with Gasteiger partial charge in [0.1, 0.15) is 11.7 Å². The van der Waals surface area contributed by atoms with Crippen molar-refractivity contribution in [3.63, 3.8) is 0 Å². The maximum atomic E-state index is 13.9. The number of amidine groups is 1. The summed E-state index contributed by atoms with van der Waals surface area (Å²) < 4.78 is 13.9. The van der Waals surface area contributed by atoms with Crippen LogP contribution < -0.4 is 0 Å². The number of pyridine rings is 1. The molecule has 1 aliphatic heterocycles. The quantitative estimate of drug-likeness (QED) is 0.535. The molecule has 0 radical (unpaired) electrons. The molecule has 3 aliphatic rings. The molecule has 2 aliphatic carbocycles. The average Bonchev–Trinajstić information content (AvgIpc) is 3.76. The van der Waals surface area contributed by atoms with Crippen molar-refractivity contribution in [1.29, 1.82) is 5.41 Å². The van der Waals surface area contributed by atoms with Gasteiger partial charge >= 0.3 is 0 Å². The minimum Gasteiger partial charge on any atom is -0.303 e. The highest BCUT2D eigenvalue weighted by Gasteiger charge is 2.61. The van der Waals surface area contributed by atoms with Crippen LogP contribution in [0.3, 0.4) is 0 Å². The molecule has 2 heterocycles. The van der Waals surface area contributed by atoms with E-state index in [2.05, 4.69) is 48.3 Å². The first-order chi connectivity index (χ1) is 16.4. The van der Waals surface area contributed by atoms with E-state index in [1.807, 2.05) is 12.1 Å². The molecule has 1 amide bonds. The highest BCUT2D eigenvalue weighted by atomic mass is 19.1. The van der Waals surface area contributed by atoms with Crippen LogP contribution in [0.2, 0.25) is 0 Å². The molecule has 2 aromatic carbocycles. The summed E-state index contributed by atoms with van der Waals surface area (Å²) in [5.74, 6) is 0.553. The maximum absolute atomic E-state index is 13.9. The summed E-state index contributed by atoms with van der Waals surface area (Å²) >= 11 is 0. The first-order valence-electron chi connectivity index (χ1n) is 12.0. The highest BCUT2D eigenvalue weighted by Crippen LogP contribution is 2.61. The van der Waals surface area contributed by atoms with E-state index >= 15 is 0 Å². The Morgan fingerprint density at radius 2 is 1.76 bits per heavy atom. The van der Waals surface area contributed by atoms with E-state index in [1.165, 1.54) is 30.7 Å². The third-order valence-electron chi connectivity index (χ3n) is 8.29. The van der Waals surface area contributed by atoms with Crippen LogP contribution in [0.1, 0.15) is 54.7 Å². The van der Waals surface area contributed by atoms with Crippen molar-refractivity contribution in [1.82, 2.24) is 9.88 Å². The van der Waals surface area contributed by atoms with E-state index in [1.54, 1.807) is 18.1 Å². The molecule has 4 atom stereocenters. The lowest BCUT2D eigenvalue weighted by Crippen LogP contribution is -2.42. The number of carbonyl (C=O) groups is 1. The number of likely N-dealkylation sites (tertiary alicyclic amines) is 1. The van der Waals surface area contributed by atoms with Crippen molar-refractivity contribution >= 4 is 11.7 Å². The van der Waals surface area contributed by atoms with Crippen LogP contribution in [0.15, 0.2) is 67.0 Å². The molecule has 6 rings (SSSR count). The lowest BCUT2D eigenvalue weighted by atomic mass is 9.64. The predicted molar refractivity (Wildman–Crippen MR) is 130 cm³/mol. The summed E-state index contributed by atoms with van der Waals surface area (Å²) in [5.41, 5.74) is 4.50. The van der Waals surface area contributed by atoms with E-state index in [-0.39, 0.29) is 23.6 Å². The number of benzene rings is 2. The Hall–Kier alpha value is -3.34. The Morgan fingerprint density at radius 3 is 2.47 bits per heavy atom. The molecule has 4 nitrogen and oxygen atoms in total. The molecule has 1 saturated heterocycles. The SMILES string of the molecule is CN1C(=N)C2CC2[C@](C)(c2cccc(-c3cncc(F)c3)c2)[C@@H](c2ccc(C3CC3)cc2)C1=O. The lowest BCUT2D eigenvalue weighted by molar-refractivity contribution is -0.129. The third-order valence-corrected chi connectivity index (χ3v) is 8.29. The van der Waals surface area contributed by atoms with Gasteiger partial charge in [-0.2, -0.15) is 0 Å². The zero-order valence-electron chi connectivity index (χ0n) is 19.5. The van der Waals surface area contributed by atoms with Gasteiger partial charge in [-0.3, -0.25) is 15.2 Å². The number of carbonyl (C=O) groups excluding carboxylic acids is 1. The van der Waals surface area contributed by atoms with Crippen LogP contribution in [0.5, 0.6) is 0 Å². The number of hydrogen-bond donors (Lipinski definition) is 1. The van der Waals surface area contributed by atoms with Gasteiger partial charge in [0, 0.05) is 30.1 Å². The Kier molecular flexibility index (Phi) is 4.73. The van der Waals surface area contributed by atoms with Crippen LogP contribution in [0.4, 0.5) is 4.39 Å². The number of nitrogens with one attached hydrogen (secondary N) is 1. The van der Waals surface area contributed by atoms with Gasteiger partial charge in [-0.25, -0.2) is 4.39 Å². The van der Waals surface area contributed by atoms with Crippen LogP contribution in [0, 0.1) is 23.1 Å². The van der Waals surface area contributed by atoms with Gasteiger partial charge in [-0.1, -0.05) is 55.5 Å². The number of halogens is 1. The molecule has 2 unspecified atom stereocenters. The van der Waals surface area contributed by atoms with Crippen molar-refractivity contribution in [3.8, 4) is 11.1 Å². The van der Waals surface area contributed by atoms with E-state index in [0.717, 1.165) is 23.1 Å². The van der Waals surface area contributed by atoms with Crippen molar-refractivity contribution in [2.45, 2.75) is 43.4 Å². The number of fused-ring (bicyclic) bond motifs is 1. The van der Waals surface area contributed by atoms with Crippen LogP contribution >= 0.6 is 0 Å². The van der Waals surface area contributed by atoms with Gasteiger partial charge < -0.3 is 4.90 Å². The van der Waals surface area contributed by atoms with Gasteiger partial charge in [-0.15, -0.1) is 0 Å². The molecular weight excluding hydrogens is 425 g/mol. The Labute approximate surface area is 199 Å². The fraction of sp³-hybridized carbons (Fsp3) is 0.345. The standard InChI is InChI=1S/C29H28FN3O/c1-29(22-5-3-4-20(12-22)21-13-23(30)16-32-15-21)25-14-24(25)27(31)33(2)28(34)26(29)19-10-8-18(9-11-19)17-6-7-17/h3-5,8-13,15-17,24-26,31H,6-7,14H2,1-2H3/t24?,25?,26-,29-/m0/s1. The van der Waals surface area contributed by atoms with E-state index < -0.39 is 11.3 Å². The molecule has 1 aromatic heterocycles. The van der Waals surface area contributed by atoms with Crippen LogP contribution in [0.25, 0.3) is 11.1 Å². The Morgan fingerprint density at radius 1 is 1.03 bits per heavy atom. The second-order valence-corrected chi connectivity index (χ2v) is 10.4. The van der Waals surface area contributed by atoms with Gasteiger partial charge in [0.2, 0.25) is 5.91 Å². The summed E-state index contributed by atoms with van der Waals surface area (Å²) in [6, 6.07) is 18.2. The summed E-state index contributed by atoms with van der Waals surface area (Å²) in [7, 11) is 1.74. The smallest absolute Gasteiger partial charge is 0.236 e. The van der Waals surface area contributed by atoms with Gasteiger partial charge in [0.15, 0.2) is 0 Å². The largest absolute Gasteiger partial charge is 0.303 e. The normalized spacial score (nSPS) is 28.4. The fourth-order valence-electron chi connectivity index (χ4n) is 6.04. The van der Waals surface area contributed by atoms with Crippen molar-refractivity contribution < 1.29 is 9.18 Å². The predicted octanol–water partition coefficient (Wildman–Crippen LogP) is 5.89. The molecule has 0 spiro atoms. The second kappa shape index (κ2) is 7.59. The third kappa shape index (κ3) is 3.29. The summed E-state index contributed by atoms with van der Waals surface area (Å²) in [5, 5.41) is 8.66. The molecule has 2 saturated carbocycles. The number of amides is 1. The highest BCUT2D eigenvalue weighted by molar-refractivity contribution is 6.04. The molecular formula is C29H28FN3O. The first kappa shape index (κ1) is 21.2. The van der Waals surface area contributed by atoms with Gasteiger partial charge in [0.25, 0.3) is 0 Å². The average molecular weight is 454 g/mol. The molecule has 3 aromatic rings.